The van der Waals surface area contributed by atoms with Gasteiger partial charge in [0.25, 0.3) is 0 Å². The van der Waals surface area contributed by atoms with Crippen LogP contribution < -0.4 is 19.5 Å². The number of hydrogen-bond acceptors (Lipinski definition) is 5. The Morgan fingerprint density at radius 1 is 1.22 bits per heavy atom. The van der Waals surface area contributed by atoms with Gasteiger partial charge in [0.2, 0.25) is 0 Å². The molecule has 8 heteroatoms. The Labute approximate surface area is 184 Å². The van der Waals surface area contributed by atoms with Gasteiger partial charge in [-0.25, -0.2) is 0 Å². The van der Waals surface area contributed by atoms with E-state index in [1.807, 2.05) is 19.2 Å². The molecule has 0 saturated carbocycles. The fourth-order valence-corrected chi connectivity index (χ4v) is 4.32. The fraction of sp³-hybridized carbons (Fsp3) is 0.632. The van der Waals surface area contributed by atoms with Crippen molar-refractivity contribution in [1.29, 1.82) is 0 Å². The Morgan fingerprint density at radius 2 is 1.85 bits per heavy atom. The second-order valence-corrected chi connectivity index (χ2v) is 7.86. The maximum absolute atomic E-state index is 5.53. The SMILES string of the molecule is CN=C(NCc1c(OC)cc(OC)cc1OC)N1CCSC(C(C)C)C1.I. The molecular formula is C19H32IN3O3S. The molecule has 0 spiro atoms. The highest BCUT2D eigenvalue weighted by Gasteiger charge is 2.25. The van der Waals surface area contributed by atoms with Crippen LogP contribution in [0.15, 0.2) is 17.1 Å². The summed E-state index contributed by atoms with van der Waals surface area (Å²) < 4.78 is 16.4. The van der Waals surface area contributed by atoms with Crippen LogP contribution in [0.4, 0.5) is 0 Å². The van der Waals surface area contributed by atoms with Gasteiger partial charge in [-0.1, -0.05) is 13.8 Å². The van der Waals surface area contributed by atoms with E-state index in [4.69, 9.17) is 14.2 Å². The van der Waals surface area contributed by atoms with Crippen LogP contribution in [-0.2, 0) is 6.54 Å². The standard InChI is InChI=1S/C19H31N3O3S.HI/c1-13(2)18-12-22(7-8-26-18)19(20-3)21-11-15-16(24-5)9-14(23-4)10-17(15)25-6;/h9-10,13,18H,7-8,11-12H2,1-6H3,(H,20,21);1H. The zero-order chi connectivity index (χ0) is 19.1. The highest BCUT2D eigenvalue weighted by molar-refractivity contribution is 14.0. The molecule has 0 amide bonds. The van der Waals surface area contributed by atoms with E-state index < -0.39 is 0 Å². The fourth-order valence-electron chi connectivity index (χ4n) is 3.02. The van der Waals surface area contributed by atoms with Crippen LogP contribution in [0, 0.1) is 5.92 Å². The molecule has 27 heavy (non-hydrogen) atoms. The van der Waals surface area contributed by atoms with Gasteiger partial charge in [-0.05, 0) is 5.92 Å². The van der Waals surface area contributed by atoms with Gasteiger partial charge in [-0.3, -0.25) is 4.99 Å². The molecule has 0 aromatic heterocycles. The van der Waals surface area contributed by atoms with Gasteiger partial charge in [-0.15, -0.1) is 24.0 Å². The van der Waals surface area contributed by atoms with E-state index in [0.717, 1.165) is 41.9 Å². The van der Waals surface area contributed by atoms with Gasteiger partial charge in [0.15, 0.2) is 5.96 Å². The molecule has 1 heterocycles. The average Bonchev–Trinajstić information content (AvgIpc) is 2.68. The third kappa shape index (κ3) is 6.23. The molecule has 1 atom stereocenters. The minimum Gasteiger partial charge on any atom is -0.496 e. The lowest BCUT2D eigenvalue weighted by molar-refractivity contribution is 0.364. The molecule has 0 bridgehead atoms. The quantitative estimate of drug-likeness (QED) is 0.360. The second-order valence-electron chi connectivity index (χ2n) is 6.51. The molecule has 1 aliphatic rings. The van der Waals surface area contributed by atoms with Gasteiger partial charge in [-0.2, -0.15) is 11.8 Å². The molecule has 0 radical (unpaired) electrons. The molecule has 1 unspecified atom stereocenters. The number of aliphatic imine (C=N–C) groups is 1. The smallest absolute Gasteiger partial charge is 0.193 e. The Kier molecular flexibility index (Phi) is 10.4. The number of thioether (sulfide) groups is 1. The van der Waals surface area contributed by atoms with Crippen molar-refractivity contribution in [1.82, 2.24) is 10.2 Å². The lowest BCUT2D eigenvalue weighted by atomic mass is 10.1. The average molecular weight is 509 g/mol. The molecule has 1 saturated heterocycles. The van der Waals surface area contributed by atoms with Crippen molar-refractivity contribution < 1.29 is 14.2 Å². The third-order valence-corrected chi connectivity index (χ3v) is 6.13. The van der Waals surface area contributed by atoms with E-state index >= 15 is 0 Å². The van der Waals surface area contributed by atoms with Crippen molar-refractivity contribution in [3.05, 3.63) is 17.7 Å². The number of hydrogen-bond donors (Lipinski definition) is 1. The first kappa shape index (κ1) is 24.0. The molecule has 1 aliphatic heterocycles. The number of halogens is 1. The number of ether oxygens (including phenoxy) is 3. The summed E-state index contributed by atoms with van der Waals surface area (Å²) in [4.78, 5) is 6.82. The second kappa shape index (κ2) is 11.7. The van der Waals surface area contributed by atoms with Crippen LogP contribution in [0.3, 0.4) is 0 Å². The Balaban J connectivity index is 0.00000364. The van der Waals surface area contributed by atoms with Crippen LogP contribution in [0.25, 0.3) is 0 Å². The molecule has 1 aromatic rings. The number of methoxy groups -OCH3 is 3. The van der Waals surface area contributed by atoms with Crippen molar-refractivity contribution in [2.75, 3.05) is 47.2 Å². The van der Waals surface area contributed by atoms with E-state index in [1.165, 1.54) is 0 Å². The molecule has 2 rings (SSSR count). The van der Waals surface area contributed by atoms with Crippen molar-refractivity contribution in [3.8, 4) is 17.2 Å². The molecule has 6 nitrogen and oxygen atoms in total. The van der Waals surface area contributed by atoms with Crippen LogP contribution in [0.2, 0.25) is 0 Å². The lowest BCUT2D eigenvalue weighted by Crippen LogP contribution is -2.48. The first-order valence-electron chi connectivity index (χ1n) is 8.90. The van der Waals surface area contributed by atoms with Crippen molar-refractivity contribution in [2.24, 2.45) is 10.9 Å². The molecular weight excluding hydrogens is 477 g/mol. The van der Waals surface area contributed by atoms with Gasteiger partial charge in [0, 0.05) is 43.3 Å². The van der Waals surface area contributed by atoms with Gasteiger partial charge in [0.05, 0.1) is 33.4 Å². The normalized spacial score (nSPS) is 17.4. The summed E-state index contributed by atoms with van der Waals surface area (Å²) in [5.41, 5.74) is 0.948. The summed E-state index contributed by atoms with van der Waals surface area (Å²) in [5.74, 6) is 4.87. The molecule has 154 valence electrons. The first-order chi connectivity index (χ1) is 12.5. The van der Waals surface area contributed by atoms with Crippen LogP contribution in [-0.4, -0.2) is 63.3 Å². The van der Waals surface area contributed by atoms with Gasteiger partial charge >= 0.3 is 0 Å². The van der Waals surface area contributed by atoms with E-state index in [9.17, 15) is 0 Å². The zero-order valence-electron chi connectivity index (χ0n) is 17.1. The Morgan fingerprint density at radius 3 is 2.33 bits per heavy atom. The first-order valence-corrected chi connectivity index (χ1v) is 9.95. The predicted octanol–water partition coefficient (Wildman–Crippen LogP) is 3.48. The van der Waals surface area contributed by atoms with E-state index in [-0.39, 0.29) is 24.0 Å². The summed E-state index contributed by atoms with van der Waals surface area (Å²) in [6.07, 6.45) is 0. The zero-order valence-corrected chi connectivity index (χ0v) is 20.2. The third-order valence-electron chi connectivity index (χ3n) is 4.59. The number of nitrogens with zero attached hydrogens (tertiary/aromatic N) is 2. The number of guanidine groups is 1. The lowest BCUT2D eigenvalue weighted by Gasteiger charge is -2.36. The van der Waals surface area contributed by atoms with Crippen molar-refractivity contribution >= 4 is 41.7 Å². The number of rotatable bonds is 6. The van der Waals surface area contributed by atoms with Crippen LogP contribution >= 0.6 is 35.7 Å². The molecule has 1 fully saturated rings. The maximum atomic E-state index is 5.53. The summed E-state index contributed by atoms with van der Waals surface area (Å²) >= 11 is 2.06. The summed E-state index contributed by atoms with van der Waals surface area (Å²) in [6.45, 7) is 7.15. The topological polar surface area (TPSA) is 55.3 Å². The number of benzene rings is 1. The highest BCUT2D eigenvalue weighted by Crippen LogP contribution is 2.34. The van der Waals surface area contributed by atoms with Gasteiger partial charge in [0.1, 0.15) is 17.2 Å². The maximum Gasteiger partial charge on any atom is 0.193 e. The van der Waals surface area contributed by atoms with Crippen molar-refractivity contribution in [3.63, 3.8) is 0 Å². The van der Waals surface area contributed by atoms with Crippen LogP contribution in [0.5, 0.6) is 17.2 Å². The number of nitrogens with one attached hydrogen (secondary N) is 1. The molecule has 1 N–H and O–H groups in total. The monoisotopic (exact) mass is 509 g/mol. The summed E-state index contributed by atoms with van der Waals surface area (Å²) in [6, 6.07) is 3.74. The largest absolute Gasteiger partial charge is 0.496 e. The Bertz CT molecular complexity index is 603. The summed E-state index contributed by atoms with van der Waals surface area (Å²) in [7, 11) is 6.77. The predicted molar refractivity (Wildman–Crippen MR) is 124 cm³/mol. The van der Waals surface area contributed by atoms with Crippen LogP contribution in [0.1, 0.15) is 19.4 Å². The van der Waals surface area contributed by atoms with E-state index in [0.29, 0.717) is 23.5 Å². The summed E-state index contributed by atoms with van der Waals surface area (Å²) in [5, 5.41) is 4.10. The minimum atomic E-state index is 0. The van der Waals surface area contributed by atoms with Gasteiger partial charge < -0.3 is 24.4 Å². The van der Waals surface area contributed by atoms with Crippen molar-refractivity contribution in [2.45, 2.75) is 25.6 Å². The van der Waals surface area contributed by atoms with E-state index in [1.54, 1.807) is 21.3 Å². The molecule has 1 aromatic carbocycles. The highest BCUT2D eigenvalue weighted by atomic mass is 127. The Hall–Kier alpha value is -1.03. The van der Waals surface area contributed by atoms with E-state index in [2.05, 4.69) is 40.8 Å². The minimum absolute atomic E-state index is 0. The molecule has 0 aliphatic carbocycles.